The van der Waals surface area contributed by atoms with Crippen LogP contribution in [0.5, 0.6) is 0 Å². The Morgan fingerprint density at radius 1 is 1.26 bits per heavy atom. The molecule has 0 bridgehead atoms. The molecule has 7 nitrogen and oxygen atoms in total. The quantitative estimate of drug-likeness (QED) is 0.525. The summed E-state index contributed by atoms with van der Waals surface area (Å²) in [6.07, 6.45) is 4.43. The minimum Gasteiger partial charge on any atom is -0.339 e. The third-order valence-electron chi connectivity index (χ3n) is 4.52. The summed E-state index contributed by atoms with van der Waals surface area (Å²) in [6, 6.07) is 3.65. The van der Waals surface area contributed by atoms with Gasteiger partial charge in [-0.2, -0.15) is 19.0 Å². The van der Waals surface area contributed by atoms with E-state index in [1.807, 2.05) is 19.9 Å². The standard InChI is InChI=1S/C18H16F2N6O/c1-9-10(2)24-25-16(9)15(27)4-11-3-12-5-14(23-17(12)21-6-11)13-7-22-26(8-13)18(19)20/h3,5-8,18H,4H2,1-2H3,(H,21,23)(H,24,25). The number of rotatable bonds is 5. The highest BCUT2D eigenvalue weighted by molar-refractivity contribution is 5.97. The molecule has 0 saturated heterocycles. The SMILES string of the molecule is Cc1[nH]nc(C(=O)Cc2cnc3[nH]c(-c4cnn(C(F)F)c4)cc3c2)c1C. The van der Waals surface area contributed by atoms with Crippen molar-refractivity contribution in [1.29, 1.82) is 0 Å². The van der Waals surface area contributed by atoms with Crippen molar-refractivity contribution >= 4 is 16.8 Å². The molecule has 4 rings (SSSR count). The molecule has 0 atom stereocenters. The first-order valence-electron chi connectivity index (χ1n) is 8.27. The summed E-state index contributed by atoms with van der Waals surface area (Å²) in [4.78, 5) is 19.9. The molecule has 0 unspecified atom stereocenters. The molecule has 0 aliphatic heterocycles. The van der Waals surface area contributed by atoms with Crippen LogP contribution in [0.25, 0.3) is 22.3 Å². The summed E-state index contributed by atoms with van der Waals surface area (Å²) in [7, 11) is 0. The van der Waals surface area contributed by atoms with Crippen LogP contribution in [0.1, 0.15) is 33.9 Å². The zero-order chi connectivity index (χ0) is 19.1. The lowest BCUT2D eigenvalue weighted by Gasteiger charge is -2.00. The van der Waals surface area contributed by atoms with Gasteiger partial charge in [-0.1, -0.05) is 0 Å². The van der Waals surface area contributed by atoms with Gasteiger partial charge in [0.1, 0.15) is 11.3 Å². The van der Waals surface area contributed by atoms with Gasteiger partial charge >= 0.3 is 6.55 Å². The summed E-state index contributed by atoms with van der Waals surface area (Å²) < 4.78 is 26.0. The second-order valence-electron chi connectivity index (χ2n) is 6.37. The van der Waals surface area contributed by atoms with E-state index in [0.29, 0.717) is 27.3 Å². The van der Waals surface area contributed by atoms with Gasteiger partial charge in [0.15, 0.2) is 5.78 Å². The van der Waals surface area contributed by atoms with Gasteiger partial charge < -0.3 is 4.98 Å². The topological polar surface area (TPSA) is 92.2 Å². The molecule has 0 amide bonds. The third kappa shape index (κ3) is 3.12. The summed E-state index contributed by atoms with van der Waals surface area (Å²) in [5.41, 5.74) is 4.67. The molecule has 0 fully saturated rings. The van der Waals surface area contributed by atoms with E-state index in [0.717, 1.165) is 22.2 Å². The average Bonchev–Trinajstić information content (AvgIpc) is 3.34. The van der Waals surface area contributed by atoms with Crippen molar-refractivity contribution < 1.29 is 13.6 Å². The van der Waals surface area contributed by atoms with Crippen LogP contribution < -0.4 is 0 Å². The number of ketones is 1. The molecule has 2 N–H and O–H groups in total. The van der Waals surface area contributed by atoms with Crippen LogP contribution in [-0.4, -0.2) is 35.7 Å². The second-order valence-corrected chi connectivity index (χ2v) is 6.37. The number of halogens is 2. The molecular formula is C18H16F2N6O. The number of hydrogen-bond acceptors (Lipinski definition) is 4. The number of fused-ring (bicyclic) bond motifs is 1. The maximum Gasteiger partial charge on any atom is 0.333 e. The van der Waals surface area contributed by atoms with Crippen molar-refractivity contribution in [2.45, 2.75) is 26.8 Å². The third-order valence-corrected chi connectivity index (χ3v) is 4.52. The van der Waals surface area contributed by atoms with Gasteiger partial charge in [0, 0.05) is 41.0 Å². The number of alkyl halides is 2. The molecule has 4 aromatic heterocycles. The summed E-state index contributed by atoms with van der Waals surface area (Å²) in [6.45, 7) is 1.03. The molecule has 0 spiro atoms. The molecule has 0 aromatic carbocycles. The number of nitrogens with one attached hydrogen (secondary N) is 2. The Morgan fingerprint density at radius 2 is 2.07 bits per heavy atom. The molecule has 138 valence electrons. The van der Waals surface area contributed by atoms with E-state index in [4.69, 9.17) is 0 Å². The number of pyridine rings is 1. The monoisotopic (exact) mass is 370 g/mol. The number of hydrogen-bond donors (Lipinski definition) is 2. The summed E-state index contributed by atoms with van der Waals surface area (Å²) >= 11 is 0. The second kappa shape index (κ2) is 6.42. The highest BCUT2D eigenvalue weighted by Crippen LogP contribution is 2.25. The van der Waals surface area contributed by atoms with E-state index < -0.39 is 6.55 Å². The van der Waals surface area contributed by atoms with E-state index in [1.165, 1.54) is 12.4 Å². The summed E-state index contributed by atoms with van der Waals surface area (Å²) in [5, 5.41) is 11.3. The van der Waals surface area contributed by atoms with Crippen molar-refractivity contribution in [3.05, 3.63) is 53.2 Å². The molecule has 4 aromatic rings. The van der Waals surface area contributed by atoms with Gasteiger partial charge in [-0.15, -0.1) is 0 Å². The number of aryl methyl sites for hydroxylation is 1. The fraction of sp³-hybridized carbons (Fsp3) is 0.222. The lowest BCUT2D eigenvalue weighted by atomic mass is 10.0. The molecule has 27 heavy (non-hydrogen) atoms. The van der Waals surface area contributed by atoms with Crippen LogP contribution >= 0.6 is 0 Å². The van der Waals surface area contributed by atoms with Gasteiger partial charge in [0.2, 0.25) is 0 Å². The number of carbonyl (C=O) groups is 1. The molecule has 0 radical (unpaired) electrons. The number of aromatic nitrogens is 6. The lowest BCUT2D eigenvalue weighted by molar-refractivity contribution is 0.0566. The molecule has 0 aliphatic rings. The highest BCUT2D eigenvalue weighted by atomic mass is 19.3. The first kappa shape index (κ1) is 17.1. The van der Waals surface area contributed by atoms with Crippen LogP contribution in [0.2, 0.25) is 0 Å². The van der Waals surface area contributed by atoms with Gasteiger partial charge in [0.05, 0.1) is 11.9 Å². The van der Waals surface area contributed by atoms with Crippen LogP contribution in [0, 0.1) is 13.8 Å². The van der Waals surface area contributed by atoms with Crippen molar-refractivity contribution in [2.24, 2.45) is 0 Å². The Bertz CT molecular complexity index is 1140. The van der Waals surface area contributed by atoms with Gasteiger partial charge in [0.25, 0.3) is 0 Å². The van der Waals surface area contributed by atoms with Crippen molar-refractivity contribution in [2.75, 3.05) is 0 Å². The first-order chi connectivity index (χ1) is 12.9. The first-order valence-corrected chi connectivity index (χ1v) is 8.27. The van der Waals surface area contributed by atoms with Crippen molar-refractivity contribution in [1.82, 2.24) is 29.9 Å². The van der Waals surface area contributed by atoms with Gasteiger partial charge in [-0.25, -0.2) is 9.67 Å². The molecule has 0 aliphatic carbocycles. The molecule has 0 saturated carbocycles. The Hall–Kier alpha value is -3.36. The van der Waals surface area contributed by atoms with Crippen molar-refractivity contribution in [3.63, 3.8) is 0 Å². The minimum absolute atomic E-state index is 0.0908. The smallest absolute Gasteiger partial charge is 0.333 e. The number of nitrogens with zero attached hydrogens (tertiary/aromatic N) is 4. The van der Waals surface area contributed by atoms with E-state index in [1.54, 1.807) is 12.3 Å². The normalized spacial score (nSPS) is 11.6. The average molecular weight is 370 g/mol. The Kier molecular flexibility index (Phi) is 4.06. The lowest BCUT2D eigenvalue weighted by Crippen LogP contribution is -2.06. The van der Waals surface area contributed by atoms with Crippen LogP contribution in [0.4, 0.5) is 8.78 Å². The van der Waals surface area contributed by atoms with Crippen LogP contribution in [0.3, 0.4) is 0 Å². The largest absolute Gasteiger partial charge is 0.339 e. The zero-order valence-electron chi connectivity index (χ0n) is 14.6. The maximum atomic E-state index is 12.7. The van der Waals surface area contributed by atoms with E-state index >= 15 is 0 Å². The minimum atomic E-state index is -2.69. The number of carbonyl (C=O) groups excluding carboxylic acids is 1. The Labute approximate surface area is 152 Å². The van der Waals surface area contributed by atoms with E-state index in [9.17, 15) is 13.6 Å². The van der Waals surface area contributed by atoms with Crippen LogP contribution in [-0.2, 0) is 6.42 Å². The fourth-order valence-corrected chi connectivity index (χ4v) is 2.92. The predicted octanol–water partition coefficient (Wildman–Crippen LogP) is 3.59. The zero-order valence-corrected chi connectivity index (χ0v) is 14.6. The van der Waals surface area contributed by atoms with Gasteiger partial charge in [-0.05, 0) is 31.5 Å². The predicted molar refractivity (Wildman–Crippen MR) is 94.7 cm³/mol. The van der Waals surface area contributed by atoms with Gasteiger partial charge in [-0.3, -0.25) is 9.89 Å². The fourth-order valence-electron chi connectivity index (χ4n) is 2.92. The molecule has 4 heterocycles. The molecular weight excluding hydrogens is 354 g/mol. The van der Waals surface area contributed by atoms with Crippen LogP contribution in [0.15, 0.2) is 30.7 Å². The highest BCUT2D eigenvalue weighted by Gasteiger charge is 2.16. The maximum absolute atomic E-state index is 12.7. The number of Topliss-reactive ketones (excluding diaryl/α,β-unsaturated/α-hetero) is 1. The molecule has 9 heteroatoms. The Balaban J connectivity index is 1.60. The summed E-state index contributed by atoms with van der Waals surface area (Å²) in [5.74, 6) is -0.0908. The van der Waals surface area contributed by atoms with E-state index in [-0.39, 0.29) is 12.2 Å². The number of aromatic amines is 2. The van der Waals surface area contributed by atoms with E-state index in [2.05, 4.69) is 25.3 Å². The number of H-pyrrole nitrogens is 2. The Morgan fingerprint density at radius 3 is 2.74 bits per heavy atom. The van der Waals surface area contributed by atoms with Crippen molar-refractivity contribution in [3.8, 4) is 11.3 Å².